The second kappa shape index (κ2) is 6.71. The normalized spacial score (nSPS) is 13.1. The number of carbonyl (C=O) groups excluding carboxylic acids is 1. The Morgan fingerprint density at radius 1 is 1.12 bits per heavy atom. The molecule has 8 nitrogen and oxygen atoms in total. The van der Waals surface area contributed by atoms with Crippen molar-refractivity contribution in [3.8, 4) is 17.2 Å². The van der Waals surface area contributed by atoms with Crippen LogP contribution in [-0.2, 0) is 14.9 Å². The summed E-state index contributed by atoms with van der Waals surface area (Å²) in [7, 11) is -1.37. The molecule has 0 radical (unpaired) electrons. The monoisotopic (exact) mass is 365 g/mol. The van der Waals surface area contributed by atoms with Crippen molar-refractivity contribution >= 4 is 16.0 Å². The molecule has 0 saturated heterocycles. The highest BCUT2D eigenvalue weighted by Gasteiger charge is 2.22. The summed E-state index contributed by atoms with van der Waals surface area (Å²) < 4.78 is 40.9. The van der Waals surface area contributed by atoms with Crippen molar-refractivity contribution in [1.29, 1.82) is 0 Å². The Hall–Kier alpha value is -2.62. The van der Waals surface area contributed by atoms with Crippen LogP contribution in [0.25, 0.3) is 0 Å². The standard InChI is InChI=1S/C16H15NO7S/c1-17(21-2)25(19,20)13-5-3-4-11(8-13)16(18)24-12-6-7-14-15(9-12)23-10-22-14/h3-9H,10H2,1-2H3. The smallest absolute Gasteiger partial charge is 0.343 e. The molecule has 132 valence electrons. The second-order valence-electron chi connectivity index (χ2n) is 5.03. The molecule has 25 heavy (non-hydrogen) atoms. The van der Waals surface area contributed by atoms with Crippen LogP contribution in [0.5, 0.6) is 17.2 Å². The van der Waals surface area contributed by atoms with E-state index in [4.69, 9.17) is 19.0 Å². The maximum Gasteiger partial charge on any atom is 0.343 e. The van der Waals surface area contributed by atoms with Crippen molar-refractivity contribution in [2.45, 2.75) is 4.90 Å². The first kappa shape index (κ1) is 17.2. The summed E-state index contributed by atoms with van der Waals surface area (Å²) in [6.45, 7) is 0.111. The van der Waals surface area contributed by atoms with Gasteiger partial charge in [-0.25, -0.2) is 13.2 Å². The Labute approximate surface area is 144 Å². The molecular formula is C16H15NO7S. The van der Waals surface area contributed by atoms with Crippen molar-refractivity contribution < 1.29 is 32.3 Å². The summed E-state index contributed by atoms with van der Waals surface area (Å²) >= 11 is 0. The van der Waals surface area contributed by atoms with Crippen LogP contribution in [-0.4, -0.2) is 39.8 Å². The highest BCUT2D eigenvalue weighted by Crippen LogP contribution is 2.35. The van der Waals surface area contributed by atoms with Gasteiger partial charge in [0.15, 0.2) is 11.5 Å². The molecule has 0 spiro atoms. The third-order valence-corrected chi connectivity index (χ3v) is 5.19. The molecule has 0 unspecified atom stereocenters. The van der Waals surface area contributed by atoms with Gasteiger partial charge in [0.25, 0.3) is 10.0 Å². The number of ether oxygens (including phenoxy) is 3. The quantitative estimate of drug-likeness (QED) is 0.453. The molecule has 1 heterocycles. The average molecular weight is 365 g/mol. The van der Waals surface area contributed by atoms with Crippen molar-refractivity contribution in [1.82, 2.24) is 4.47 Å². The van der Waals surface area contributed by atoms with E-state index in [-0.39, 0.29) is 23.0 Å². The van der Waals surface area contributed by atoms with Gasteiger partial charge in [0, 0.05) is 13.1 Å². The van der Waals surface area contributed by atoms with Gasteiger partial charge in [0.2, 0.25) is 6.79 Å². The molecule has 0 fully saturated rings. The summed E-state index contributed by atoms with van der Waals surface area (Å²) in [6, 6.07) is 10.2. The van der Waals surface area contributed by atoms with Crippen LogP contribution in [0, 0.1) is 0 Å². The van der Waals surface area contributed by atoms with Crippen LogP contribution in [0.2, 0.25) is 0 Å². The lowest BCUT2D eigenvalue weighted by Crippen LogP contribution is -2.26. The van der Waals surface area contributed by atoms with Crippen LogP contribution in [0.3, 0.4) is 0 Å². The van der Waals surface area contributed by atoms with Gasteiger partial charge in [-0.1, -0.05) is 10.5 Å². The first-order chi connectivity index (χ1) is 11.9. The third kappa shape index (κ3) is 3.43. The Balaban J connectivity index is 1.82. The van der Waals surface area contributed by atoms with E-state index in [0.717, 1.165) is 0 Å². The lowest BCUT2D eigenvalue weighted by atomic mass is 10.2. The highest BCUT2D eigenvalue weighted by atomic mass is 32.2. The number of esters is 1. The first-order valence-corrected chi connectivity index (χ1v) is 8.61. The molecule has 2 aromatic rings. The van der Waals surface area contributed by atoms with Gasteiger partial charge < -0.3 is 14.2 Å². The second-order valence-corrected chi connectivity index (χ2v) is 6.97. The number of sulfonamides is 1. The van der Waals surface area contributed by atoms with Gasteiger partial charge in [-0.15, -0.1) is 0 Å². The van der Waals surface area contributed by atoms with Gasteiger partial charge in [-0.05, 0) is 30.3 Å². The Kier molecular flexibility index (Phi) is 4.62. The zero-order valence-electron chi connectivity index (χ0n) is 13.5. The lowest BCUT2D eigenvalue weighted by Gasteiger charge is -2.14. The fourth-order valence-electron chi connectivity index (χ4n) is 2.14. The van der Waals surface area contributed by atoms with Crippen LogP contribution < -0.4 is 14.2 Å². The number of carbonyl (C=O) groups is 1. The molecule has 9 heteroatoms. The SMILES string of the molecule is CON(C)S(=O)(=O)c1cccc(C(=O)Oc2ccc3c(c2)OCO3)c1. The van der Waals surface area contributed by atoms with Crippen molar-refractivity contribution in [2.24, 2.45) is 0 Å². The zero-order chi connectivity index (χ0) is 18.0. The van der Waals surface area contributed by atoms with Crippen molar-refractivity contribution in [3.05, 3.63) is 48.0 Å². The van der Waals surface area contributed by atoms with E-state index < -0.39 is 16.0 Å². The lowest BCUT2D eigenvalue weighted by molar-refractivity contribution is -0.0258. The van der Waals surface area contributed by atoms with Gasteiger partial charge in [-0.3, -0.25) is 4.84 Å². The number of hydrogen-bond donors (Lipinski definition) is 0. The number of fused-ring (bicyclic) bond motifs is 1. The summed E-state index contributed by atoms with van der Waals surface area (Å²) in [4.78, 5) is 16.9. The van der Waals surface area contributed by atoms with Crippen LogP contribution >= 0.6 is 0 Å². The first-order valence-electron chi connectivity index (χ1n) is 7.17. The van der Waals surface area contributed by atoms with Crippen molar-refractivity contribution in [2.75, 3.05) is 21.0 Å². The maximum atomic E-state index is 12.3. The van der Waals surface area contributed by atoms with E-state index in [1.54, 1.807) is 12.1 Å². The van der Waals surface area contributed by atoms with E-state index in [9.17, 15) is 13.2 Å². The number of hydrogen-bond acceptors (Lipinski definition) is 7. The van der Waals surface area contributed by atoms with E-state index in [1.807, 2.05) is 0 Å². The Morgan fingerprint density at radius 3 is 2.64 bits per heavy atom. The highest BCUT2D eigenvalue weighted by molar-refractivity contribution is 7.89. The number of benzene rings is 2. The minimum Gasteiger partial charge on any atom is -0.454 e. The molecule has 3 rings (SSSR count). The molecule has 0 aromatic heterocycles. The minimum absolute atomic E-state index is 0.0861. The molecule has 0 saturated carbocycles. The molecule has 1 aliphatic rings. The minimum atomic E-state index is -3.86. The molecular weight excluding hydrogens is 350 g/mol. The Bertz CT molecular complexity index is 910. The molecule has 0 amide bonds. The largest absolute Gasteiger partial charge is 0.454 e. The summed E-state index contributed by atoms with van der Waals surface area (Å²) in [5.74, 6) is 0.603. The van der Waals surface area contributed by atoms with E-state index in [1.165, 1.54) is 44.5 Å². The summed E-state index contributed by atoms with van der Waals surface area (Å²) in [6.07, 6.45) is 0. The predicted octanol–water partition coefficient (Wildman–Crippen LogP) is 1.82. The van der Waals surface area contributed by atoms with E-state index in [2.05, 4.69) is 0 Å². The molecule has 0 aliphatic carbocycles. The van der Waals surface area contributed by atoms with Gasteiger partial charge in [0.05, 0.1) is 17.6 Å². The molecule has 0 N–H and O–H groups in total. The number of hydroxylamine groups is 1. The molecule has 0 bridgehead atoms. The molecule has 2 aromatic carbocycles. The van der Waals surface area contributed by atoms with Crippen LogP contribution in [0.4, 0.5) is 0 Å². The predicted molar refractivity (Wildman–Crippen MR) is 85.9 cm³/mol. The molecule has 0 atom stereocenters. The molecule has 1 aliphatic heterocycles. The van der Waals surface area contributed by atoms with Crippen molar-refractivity contribution in [3.63, 3.8) is 0 Å². The van der Waals surface area contributed by atoms with Gasteiger partial charge >= 0.3 is 5.97 Å². The van der Waals surface area contributed by atoms with Crippen LogP contribution in [0.1, 0.15) is 10.4 Å². The Morgan fingerprint density at radius 2 is 1.88 bits per heavy atom. The fraction of sp³-hybridized carbons (Fsp3) is 0.188. The maximum absolute atomic E-state index is 12.3. The zero-order valence-corrected chi connectivity index (χ0v) is 14.3. The topological polar surface area (TPSA) is 91.4 Å². The average Bonchev–Trinajstić information content (AvgIpc) is 3.08. The van der Waals surface area contributed by atoms with Gasteiger partial charge in [-0.2, -0.15) is 0 Å². The number of rotatable bonds is 5. The van der Waals surface area contributed by atoms with E-state index in [0.29, 0.717) is 16.0 Å². The number of nitrogens with zero attached hydrogens (tertiary/aromatic N) is 1. The summed E-state index contributed by atoms with van der Waals surface area (Å²) in [5, 5.41) is 0. The van der Waals surface area contributed by atoms with Crippen LogP contribution in [0.15, 0.2) is 47.4 Å². The van der Waals surface area contributed by atoms with E-state index >= 15 is 0 Å². The third-order valence-electron chi connectivity index (χ3n) is 3.52. The van der Waals surface area contributed by atoms with Gasteiger partial charge in [0.1, 0.15) is 5.75 Å². The summed E-state index contributed by atoms with van der Waals surface area (Å²) in [5.41, 5.74) is 0.0863. The fourth-order valence-corrected chi connectivity index (χ4v) is 3.16.